The number of ether oxygens (including phenoxy) is 1. The van der Waals surface area contributed by atoms with Crippen LogP contribution in [0.15, 0.2) is 0 Å². The van der Waals surface area contributed by atoms with Gasteiger partial charge in [0.2, 0.25) is 0 Å². The van der Waals surface area contributed by atoms with Crippen LogP contribution in [0.4, 0.5) is 10.1 Å². The van der Waals surface area contributed by atoms with E-state index in [2.05, 4.69) is 0 Å². The van der Waals surface area contributed by atoms with Gasteiger partial charge >= 0.3 is 5.97 Å². The molecule has 0 unspecified atom stereocenters. The van der Waals surface area contributed by atoms with Crippen molar-refractivity contribution in [3.8, 4) is 0 Å². The van der Waals surface area contributed by atoms with Crippen molar-refractivity contribution < 1.29 is 13.9 Å². The van der Waals surface area contributed by atoms with Crippen molar-refractivity contribution in [2.45, 2.75) is 32.1 Å². The number of benzene rings is 1. The first-order valence-electron chi connectivity index (χ1n) is 6.81. The maximum Gasteiger partial charge on any atom is 0.310 e. The second-order valence-corrected chi connectivity index (χ2v) is 5.88. The molecular formula is C14H17ClFN3O2S. The molecule has 0 saturated carbocycles. The standard InChI is InChI=1S/C14H17ClFN3O2S/c1-21-10(20)6-9-7-4-2-3-5-8(11(9)15)12(16)13(7)19(18)14(17)22/h2-6,18H2,1H3,(H2,17,22). The van der Waals surface area contributed by atoms with Crippen molar-refractivity contribution in [3.05, 3.63) is 27.5 Å². The lowest BCUT2D eigenvalue weighted by atomic mass is 9.89. The van der Waals surface area contributed by atoms with Gasteiger partial charge in [0.15, 0.2) is 10.9 Å². The minimum atomic E-state index is -0.524. The van der Waals surface area contributed by atoms with E-state index in [0.29, 0.717) is 29.5 Å². The molecule has 0 radical (unpaired) electrons. The highest BCUT2D eigenvalue weighted by atomic mass is 35.5. The number of nitrogens with two attached hydrogens (primary N) is 2. The summed E-state index contributed by atoms with van der Waals surface area (Å²) in [6.45, 7) is 0. The molecule has 2 aliphatic carbocycles. The first-order chi connectivity index (χ1) is 10.4. The molecule has 22 heavy (non-hydrogen) atoms. The van der Waals surface area contributed by atoms with E-state index in [9.17, 15) is 9.18 Å². The van der Waals surface area contributed by atoms with E-state index < -0.39 is 11.8 Å². The third-order valence-electron chi connectivity index (χ3n) is 3.78. The Labute approximate surface area is 138 Å². The van der Waals surface area contributed by atoms with Gasteiger partial charge < -0.3 is 10.5 Å². The Kier molecular flexibility index (Phi) is 5.20. The van der Waals surface area contributed by atoms with Gasteiger partial charge in [-0.1, -0.05) is 11.6 Å². The van der Waals surface area contributed by atoms with Crippen LogP contribution in [0.2, 0.25) is 5.02 Å². The van der Waals surface area contributed by atoms with Crippen molar-refractivity contribution >= 4 is 40.6 Å². The van der Waals surface area contributed by atoms with Crippen LogP contribution in [0.5, 0.6) is 0 Å². The molecule has 0 heterocycles. The van der Waals surface area contributed by atoms with Gasteiger partial charge in [-0.2, -0.15) is 0 Å². The number of hydrazine groups is 1. The van der Waals surface area contributed by atoms with Crippen LogP contribution in [0.25, 0.3) is 0 Å². The van der Waals surface area contributed by atoms with Gasteiger partial charge in [0, 0.05) is 5.56 Å². The third-order valence-corrected chi connectivity index (χ3v) is 4.44. The quantitative estimate of drug-likeness (QED) is 0.377. The fraction of sp³-hybridized carbons (Fsp3) is 0.429. The van der Waals surface area contributed by atoms with E-state index >= 15 is 0 Å². The number of methoxy groups -OCH3 is 1. The van der Waals surface area contributed by atoms with Crippen molar-refractivity contribution in [2.24, 2.45) is 11.6 Å². The van der Waals surface area contributed by atoms with Gasteiger partial charge in [0.05, 0.1) is 24.2 Å². The number of anilines is 1. The molecule has 0 saturated heterocycles. The molecule has 0 atom stereocenters. The van der Waals surface area contributed by atoms with E-state index in [-0.39, 0.29) is 22.2 Å². The average Bonchev–Trinajstić information content (AvgIpc) is 2.46. The van der Waals surface area contributed by atoms with Gasteiger partial charge in [0.25, 0.3) is 0 Å². The SMILES string of the molecule is COC(=O)Cc1c(Cl)c2c(F)c(N(N)C(N)=S)c1CCCC2. The maximum absolute atomic E-state index is 14.8. The van der Waals surface area contributed by atoms with E-state index in [0.717, 1.165) is 17.9 Å². The van der Waals surface area contributed by atoms with Gasteiger partial charge in [-0.25, -0.2) is 10.2 Å². The van der Waals surface area contributed by atoms with Crippen LogP contribution in [0.1, 0.15) is 29.5 Å². The summed E-state index contributed by atoms with van der Waals surface area (Å²) in [5.74, 6) is 4.84. The van der Waals surface area contributed by atoms with Crippen LogP contribution in [-0.2, 0) is 28.8 Å². The highest BCUT2D eigenvalue weighted by Crippen LogP contribution is 2.39. The number of carbonyl (C=O) groups excluding carboxylic acids is 1. The Bertz CT molecular complexity index is 639. The molecule has 120 valence electrons. The average molecular weight is 346 g/mol. The van der Waals surface area contributed by atoms with E-state index in [1.807, 2.05) is 0 Å². The topological polar surface area (TPSA) is 81.6 Å². The molecule has 4 N–H and O–H groups in total. The normalized spacial score (nSPS) is 13.5. The lowest BCUT2D eigenvalue weighted by molar-refractivity contribution is -0.139. The molecule has 0 spiro atoms. The Morgan fingerprint density at radius 3 is 2.55 bits per heavy atom. The lowest BCUT2D eigenvalue weighted by Crippen LogP contribution is -2.43. The number of carbonyl (C=O) groups is 1. The van der Waals surface area contributed by atoms with Gasteiger partial charge in [-0.3, -0.25) is 9.80 Å². The summed E-state index contributed by atoms with van der Waals surface area (Å²) in [5, 5.41) is 1.04. The smallest absolute Gasteiger partial charge is 0.310 e. The number of thiocarbonyl (C=S) groups is 1. The summed E-state index contributed by atoms with van der Waals surface area (Å²) >= 11 is 11.2. The number of halogens is 2. The number of fused-ring (bicyclic) bond motifs is 5. The minimum absolute atomic E-state index is 0.0455. The predicted molar refractivity (Wildman–Crippen MR) is 87.2 cm³/mol. The Balaban J connectivity index is 2.71. The largest absolute Gasteiger partial charge is 0.469 e. The number of hydrogen-bond donors (Lipinski definition) is 2. The molecule has 5 nitrogen and oxygen atoms in total. The number of nitrogens with zero attached hydrogens (tertiary/aromatic N) is 1. The summed E-state index contributed by atoms with van der Waals surface area (Å²) in [7, 11) is 1.29. The number of rotatable bonds is 3. The van der Waals surface area contributed by atoms with Crippen molar-refractivity contribution in [3.63, 3.8) is 0 Å². The first-order valence-corrected chi connectivity index (χ1v) is 7.59. The summed E-state index contributed by atoms with van der Waals surface area (Å²) in [6, 6.07) is 0. The van der Waals surface area contributed by atoms with Crippen molar-refractivity contribution in [2.75, 3.05) is 12.1 Å². The van der Waals surface area contributed by atoms with E-state index in [1.54, 1.807) is 0 Å². The highest BCUT2D eigenvalue weighted by molar-refractivity contribution is 7.80. The Morgan fingerprint density at radius 1 is 1.41 bits per heavy atom. The number of esters is 1. The molecule has 0 amide bonds. The van der Waals surface area contributed by atoms with E-state index in [4.69, 9.17) is 40.1 Å². The summed E-state index contributed by atoms with van der Waals surface area (Å²) < 4.78 is 19.5. The summed E-state index contributed by atoms with van der Waals surface area (Å²) in [6.07, 6.45) is 2.59. The van der Waals surface area contributed by atoms with Crippen molar-refractivity contribution in [1.29, 1.82) is 0 Å². The molecule has 3 rings (SSSR count). The third kappa shape index (κ3) is 3.02. The van der Waals surface area contributed by atoms with Crippen LogP contribution in [0.3, 0.4) is 0 Å². The first kappa shape index (κ1) is 16.9. The fourth-order valence-corrected chi connectivity index (χ4v) is 3.13. The van der Waals surface area contributed by atoms with Crippen LogP contribution < -0.4 is 16.6 Å². The predicted octanol–water partition coefficient (Wildman–Crippen LogP) is 2.00. The zero-order valence-corrected chi connectivity index (χ0v) is 13.7. The van der Waals surface area contributed by atoms with E-state index in [1.165, 1.54) is 7.11 Å². The Hall–Kier alpha value is -1.44. The molecule has 2 bridgehead atoms. The van der Waals surface area contributed by atoms with Gasteiger partial charge in [0.1, 0.15) is 0 Å². The van der Waals surface area contributed by atoms with Crippen LogP contribution in [-0.4, -0.2) is 18.2 Å². The molecular weight excluding hydrogens is 329 g/mol. The van der Waals surface area contributed by atoms with Crippen LogP contribution >= 0.6 is 23.8 Å². The maximum atomic E-state index is 14.8. The highest BCUT2D eigenvalue weighted by Gasteiger charge is 2.28. The second kappa shape index (κ2) is 6.76. The lowest BCUT2D eigenvalue weighted by Gasteiger charge is -2.27. The molecule has 2 aliphatic rings. The molecule has 0 aliphatic heterocycles. The molecule has 1 aromatic rings. The van der Waals surface area contributed by atoms with Crippen molar-refractivity contribution in [1.82, 2.24) is 0 Å². The van der Waals surface area contributed by atoms with Gasteiger partial charge in [-0.05, 0) is 49.0 Å². The van der Waals surface area contributed by atoms with Gasteiger partial charge in [-0.15, -0.1) is 0 Å². The number of hydrogen-bond acceptors (Lipinski definition) is 4. The molecule has 0 aromatic heterocycles. The molecule has 8 heteroatoms. The molecule has 1 aromatic carbocycles. The zero-order chi connectivity index (χ0) is 16.4. The zero-order valence-electron chi connectivity index (χ0n) is 12.1. The Morgan fingerprint density at radius 2 is 2.00 bits per heavy atom. The fourth-order valence-electron chi connectivity index (χ4n) is 2.68. The van der Waals surface area contributed by atoms with Crippen LogP contribution in [0, 0.1) is 5.82 Å². The summed E-state index contributed by atoms with van der Waals surface area (Å²) in [4.78, 5) is 11.6. The molecule has 0 fully saturated rings. The minimum Gasteiger partial charge on any atom is -0.469 e. The second-order valence-electron chi connectivity index (χ2n) is 5.08. The summed E-state index contributed by atoms with van der Waals surface area (Å²) in [5.41, 5.74) is 7.06. The monoisotopic (exact) mass is 345 g/mol.